The summed E-state index contributed by atoms with van der Waals surface area (Å²) in [6, 6.07) is 16.4. The van der Waals surface area contributed by atoms with E-state index in [-0.39, 0.29) is 11.1 Å². The molecule has 5 rings (SSSR count). The van der Waals surface area contributed by atoms with E-state index in [4.69, 9.17) is 24.2 Å². The number of hydrogen-bond acceptors (Lipinski definition) is 7. The number of benzene rings is 1. The number of rotatable bonds is 11. The van der Waals surface area contributed by atoms with Crippen molar-refractivity contribution in [2.45, 2.75) is 77.7 Å². The monoisotopic (exact) mass is 631 g/mol. The van der Waals surface area contributed by atoms with Crippen LogP contribution in [0.15, 0.2) is 60.8 Å². The Balaban J connectivity index is 1.58. The summed E-state index contributed by atoms with van der Waals surface area (Å²) in [4.78, 5) is 10.1. The minimum Gasteiger partial charge on any atom is -0.598 e. The predicted octanol–water partition coefficient (Wildman–Crippen LogP) is 7.53. The lowest BCUT2D eigenvalue weighted by Crippen LogP contribution is -2.40. The first kappa shape index (κ1) is 32.5. The van der Waals surface area contributed by atoms with Crippen molar-refractivity contribution in [3.05, 3.63) is 77.8 Å². The molecule has 1 aliphatic heterocycles. The SMILES string of the molecule is CCC[C@H](N[S@+](C)[O-])c1cccc(-c2cc(C3=CCOCC3)c3cnn(-c4cccc(CO[Si](C)(C)C(C)(C)C)n4)c3c2)n1. The summed E-state index contributed by atoms with van der Waals surface area (Å²) in [5, 5.41) is 6.04. The minimum atomic E-state index is -1.92. The minimum absolute atomic E-state index is 0.0850. The largest absolute Gasteiger partial charge is 0.598 e. The highest BCUT2D eigenvalue weighted by Gasteiger charge is 2.37. The highest BCUT2D eigenvalue weighted by Crippen LogP contribution is 2.37. The van der Waals surface area contributed by atoms with Crippen molar-refractivity contribution in [2.75, 3.05) is 19.5 Å². The van der Waals surface area contributed by atoms with E-state index < -0.39 is 19.7 Å². The second-order valence-electron chi connectivity index (χ2n) is 13.0. The van der Waals surface area contributed by atoms with Gasteiger partial charge in [-0.2, -0.15) is 5.10 Å². The lowest BCUT2D eigenvalue weighted by Gasteiger charge is -2.36. The van der Waals surface area contributed by atoms with Crippen LogP contribution < -0.4 is 4.72 Å². The van der Waals surface area contributed by atoms with Crippen molar-refractivity contribution in [1.82, 2.24) is 24.5 Å². The zero-order valence-corrected chi connectivity index (χ0v) is 28.8. The van der Waals surface area contributed by atoms with Gasteiger partial charge in [0.25, 0.3) is 0 Å². The Labute approximate surface area is 265 Å². The molecule has 10 heteroatoms. The molecule has 0 spiro atoms. The molecule has 0 unspecified atom stereocenters. The maximum atomic E-state index is 12.1. The summed E-state index contributed by atoms with van der Waals surface area (Å²) in [5.74, 6) is 0.750. The Morgan fingerprint density at radius 3 is 2.64 bits per heavy atom. The van der Waals surface area contributed by atoms with Crippen LogP contribution in [-0.4, -0.2) is 52.1 Å². The summed E-state index contributed by atoms with van der Waals surface area (Å²) in [6.07, 6.45) is 8.41. The molecule has 1 aliphatic rings. The van der Waals surface area contributed by atoms with Crippen LogP contribution in [0, 0.1) is 0 Å². The van der Waals surface area contributed by atoms with Gasteiger partial charge in [-0.1, -0.05) is 52.3 Å². The molecule has 0 amide bonds. The number of fused-ring (bicyclic) bond motifs is 1. The van der Waals surface area contributed by atoms with Crippen LogP contribution in [0.5, 0.6) is 0 Å². The third-order valence-corrected chi connectivity index (χ3v) is 13.8. The molecular formula is C34H45N5O3SSi. The first-order valence-electron chi connectivity index (χ1n) is 15.4. The van der Waals surface area contributed by atoms with Crippen molar-refractivity contribution >= 4 is 36.2 Å². The molecule has 0 aliphatic carbocycles. The predicted molar refractivity (Wildman–Crippen MR) is 182 cm³/mol. The summed E-state index contributed by atoms with van der Waals surface area (Å²) >= 11 is -1.14. The number of nitrogens with zero attached hydrogens (tertiary/aromatic N) is 4. The van der Waals surface area contributed by atoms with E-state index in [1.165, 1.54) is 5.57 Å². The van der Waals surface area contributed by atoms with Gasteiger partial charge < -0.3 is 13.7 Å². The lowest BCUT2D eigenvalue weighted by atomic mass is 9.95. The van der Waals surface area contributed by atoms with Gasteiger partial charge in [0, 0.05) is 22.3 Å². The molecule has 0 saturated heterocycles. The Bertz CT molecular complexity index is 1630. The molecule has 4 aromatic rings. The Morgan fingerprint density at radius 1 is 1.14 bits per heavy atom. The maximum Gasteiger partial charge on any atom is 0.192 e. The van der Waals surface area contributed by atoms with Crippen LogP contribution in [0.3, 0.4) is 0 Å². The highest BCUT2D eigenvalue weighted by atomic mass is 32.2. The highest BCUT2D eigenvalue weighted by molar-refractivity contribution is 7.88. The van der Waals surface area contributed by atoms with Gasteiger partial charge in [0.05, 0.1) is 54.7 Å². The van der Waals surface area contributed by atoms with Crippen LogP contribution in [0.2, 0.25) is 18.1 Å². The van der Waals surface area contributed by atoms with Crippen LogP contribution in [0.1, 0.15) is 70.0 Å². The molecule has 8 nitrogen and oxygen atoms in total. The first-order valence-corrected chi connectivity index (χ1v) is 19.9. The van der Waals surface area contributed by atoms with Crippen LogP contribution in [0.4, 0.5) is 0 Å². The number of nitrogens with one attached hydrogen (secondary N) is 1. The fourth-order valence-electron chi connectivity index (χ4n) is 5.19. The Hall–Kier alpha value is -2.86. The average molecular weight is 632 g/mol. The van der Waals surface area contributed by atoms with E-state index in [0.717, 1.165) is 64.2 Å². The number of hydrogen-bond donors (Lipinski definition) is 1. The lowest BCUT2D eigenvalue weighted by molar-refractivity contribution is 0.161. The Kier molecular flexibility index (Phi) is 10.1. The molecular weight excluding hydrogens is 587 g/mol. The van der Waals surface area contributed by atoms with Gasteiger partial charge in [-0.15, -0.1) is 4.72 Å². The summed E-state index contributed by atoms with van der Waals surface area (Å²) in [7, 11) is -1.92. The van der Waals surface area contributed by atoms with Crippen molar-refractivity contribution < 1.29 is 13.7 Å². The number of ether oxygens (including phenoxy) is 1. The van der Waals surface area contributed by atoms with Crippen LogP contribution in [-0.2, 0) is 27.1 Å². The smallest absolute Gasteiger partial charge is 0.192 e. The molecule has 1 aromatic carbocycles. The first-order chi connectivity index (χ1) is 21.0. The van der Waals surface area contributed by atoms with Gasteiger partial charge in [-0.05, 0) is 78.5 Å². The average Bonchev–Trinajstić information content (AvgIpc) is 3.43. The Morgan fingerprint density at radius 2 is 1.93 bits per heavy atom. The van der Waals surface area contributed by atoms with E-state index in [9.17, 15) is 4.55 Å². The number of pyridine rings is 2. The second-order valence-corrected chi connectivity index (χ2v) is 18.9. The van der Waals surface area contributed by atoms with Gasteiger partial charge >= 0.3 is 0 Å². The van der Waals surface area contributed by atoms with E-state index in [1.54, 1.807) is 6.26 Å². The quantitative estimate of drug-likeness (QED) is 0.135. The van der Waals surface area contributed by atoms with Gasteiger partial charge in [0.15, 0.2) is 14.1 Å². The molecule has 234 valence electrons. The summed E-state index contributed by atoms with van der Waals surface area (Å²) in [6.45, 7) is 15.2. The van der Waals surface area contributed by atoms with Crippen molar-refractivity contribution in [1.29, 1.82) is 0 Å². The van der Waals surface area contributed by atoms with Crippen LogP contribution in [0.25, 0.3) is 33.6 Å². The molecule has 0 fully saturated rings. The van der Waals surface area contributed by atoms with E-state index in [1.807, 2.05) is 47.3 Å². The summed E-state index contributed by atoms with van der Waals surface area (Å²) < 4.78 is 29.3. The number of aromatic nitrogens is 4. The maximum absolute atomic E-state index is 12.1. The van der Waals surface area contributed by atoms with Crippen molar-refractivity contribution in [3.8, 4) is 17.1 Å². The molecule has 0 saturated carbocycles. The fourth-order valence-corrected chi connectivity index (χ4v) is 6.77. The van der Waals surface area contributed by atoms with Crippen molar-refractivity contribution in [2.24, 2.45) is 0 Å². The third kappa shape index (κ3) is 7.33. The molecule has 0 bridgehead atoms. The standard InChI is InChI=1S/C34H45N5O3SSi/c1-8-11-31(38-43(5)40)30-14-10-13-29(37-30)25-20-27(24-16-18-41-19-17-24)28-22-35-39(32(28)21-25)33-15-9-12-26(36-33)23-42-44(6,7)34(2,3)4/h9-10,12-16,20-22,31,38H,8,11,17-19,23H2,1-7H3/t31-,43-/m0/s1. The molecule has 2 atom stereocenters. The zero-order chi connectivity index (χ0) is 31.5. The topological polar surface area (TPSA) is 97.1 Å². The van der Waals surface area contributed by atoms with Gasteiger partial charge in [-0.3, -0.25) is 4.98 Å². The summed E-state index contributed by atoms with van der Waals surface area (Å²) in [5.41, 5.74) is 6.97. The van der Waals surface area contributed by atoms with E-state index in [0.29, 0.717) is 19.8 Å². The normalized spacial score (nSPS) is 15.8. The third-order valence-electron chi connectivity index (χ3n) is 8.70. The molecule has 3 aromatic heterocycles. The molecule has 44 heavy (non-hydrogen) atoms. The van der Waals surface area contributed by atoms with Gasteiger partial charge in [0.2, 0.25) is 0 Å². The van der Waals surface area contributed by atoms with Gasteiger partial charge in [0.1, 0.15) is 6.26 Å². The second kappa shape index (κ2) is 13.6. The zero-order valence-electron chi connectivity index (χ0n) is 27.0. The van der Waals surface area contributed by atoms with E-state index >= 15 is 0 Å². The molecule has 0 radical (unpaired) electrons. The van der Waals surface area contributed by atoms with E-state index in [2.05, 4.69) is 63.7 Å². The molecule has 1 N–H and O–H groups in total. The van der Waals surface area contributed by atoms with Crippen molar-refractivity contribution in [3.63, 3.8) is 0 Å². The fraction of sp³-hybridized carbons (Fsp3) is 0.441. The molecule has 4 heterocycles. The van der Waals surface area contributed by atoms with Gasteiger partial charge in [-0.25, -0.2) is 9.67 Å². The van der Waals surface area contributed by atoms with Crippen LogP contribution >= 0.6 is 0 Å².